The zero-order valence-corrected chi connectivity index (χ0v) is 5.00. The Kier molecular flexibility index (Phi) is 0.806. The van der Waals surface area contributed by atoms with E-state index in [0.717, 1.165) is 5.76 Å². The highest BCUT2D eigenvalue weighted by atomic mass is 16.4. The van der Waals surface area contributed by atoms with Gasteiger partial charge in [0.2, 0.25) is 0 Å². The zero-order valence-electron chi connectivity index (χ0n) is 5.00. The van der Waals surface area contributed by atoms with Crippen LogP contribution in [0.5, 0.6) is 0 Å². The molecule has 1 fully saturated rings. The molecule has 1 aromatic heterocycles. The van der Waals surface area contributed by atoms with Crippen LogP contribution in [0.1, 0.15) is 24.5 Å². The minimum atomic E-state index is 0.289. The van der Waals surface area contributed by atoms with E-state index < -0.39 is 0 Å². The van der Waals surface area contributed by atoms with Gasteiger partial charge >= 0.3 is 0 Å². The second kappa shape index (κ2) is 1.50. The third kappa shape index (κ3) is 0.781. The Hall–Kier alpha value is -0.990. The van der Waals surface area contributed by atoms with Crippen molar-refractivity contribution in [2.24, 2.45) is 0 Å². The van der Waals surface area contributed by atoms with Gasteiger partial charge in [-0.1, -0.05) is 0 Å². The van der Waals surface area contributed by atoms with E-state index in [2.05, 4.69) is 4.98 Å². The van der Waals surface area contributed by atoms with E-state index in [4.69, 9.17) is 10.2 Å². The summed E-state index contributed by atoms with van der Waals surface area (Å²) in [5.74, 6) is 1.57. The van der Waals surface area contributed by atoms with E-state index in [1.807, 2.05) is 0 Å². The molecule has 1 saturated carbocycles. The number of aromatic nitrogens is 1. The molecule has 3 heteroatoms. The van der Waals surface area contributed by atoms with Gasteiger partial charge < -0.3 is 10.2 Å². The Labute approximate surface area is 52.9 Å². The fourth-order valence-corrected chi connectivity index (χ4v) is 0.857. The Morgan fingerprint density at radius 1 is 1.67 bits per heavy atom. The van der Waals surface area contributed by atoms with E-state index in [1.54, 1.807) is 6.20 Å². The molecule has 1 aliphatic carbocycles. The van der Waals surface area contributed by atoms with Gasteiger partial charge in [0, 0.05) is 5.92 Å². The molecular formula is C6H8N2O. The molecule has 1 aliphatic rings. The zero-order chi connectivity index (χ0) is 6.27. The van der Waals surface area contributed by atoms with Gasteiger partial charge in [-0.05, 0) is 12.8 Å². The van der Waals surface area contributed by atoms with Crippen LogP contribution >= 0.6 is 0 Å². The quantitative estimate of drug-likeness (QED) is 0.610. The highest BCUT2D eigenvalue weighted by Gasteiger charge is 2.26. The van der Waals surface area contributed by atoms with Crippen molar-refractivity contribution in [3.8, 4) is 0 Å². The molecule has 0 aliphatic heterocycles. The number of hydrogen-bond acceptors (Lipinski definition) is 3. The average Bonchev–Trinajstić information content (AvgIpc) is 2.58. The molecule has 2 N–H and O–H groups in total. The van der Waals surface area contributed by atoms with Crippen molar-refractivity contribution in [1.82, 2.24) is 4.98 Å². The summed E-state index contributed by atoms with van der Waals surface area (Å²) < 4.78 is 5.07. The maximum absolute atomic E-state index is 5.27. The maximum atomic E-state index is 5.27. The Balaban J connectivity index is 2.28. The van der Waals surface area contributed by atoms with E-state index in [1.165, 1.54) is 12.8 Å². The summed E-state index contributed by atoms with van der Waals surface area (Å²) in [4.78, 5) is 3.79. The number of anilines is 1. The SMILES string of the molecule is Nc1ncc(C2CC2)o1. The van der Waals surface area contributed by atoms with Crippen LogP contribution in [0.3, 0.4) is 0 Å². The van der Waals surface area contributed by atoms with Gasteiger partial charge in [-0.2, -0.15) is 0 Å². The average molecular weight is 124 g/mol. The molecule has 0 spiro atoms. The first-order valence-corrected chi connectivity index (χ1v) is 3.07. The monoisotopic (exact) mass is 124 g/mol. The number of rotatable bonds is 1. The number of nitrogen functional groups attached to an aromatic ring is 1. The second-order valence-corrected chi connectivity index (χ2v) is 2.38. The molecule has 2 rings (SSSR count). The van der Waals surface area contributed by atoms with Gasteiger partial charge in [0.25, 0.3) is 6.01 Å². The molecule has 48 valence electrons. The third-order valence-corrected chi connectivity index (χ3v) is 1.52. The first kappa shape index (κ1) is 4.85. The van der Waals surface area contributed by atoms with Crippen LogP contribution in [-0.4, -0.2) is 4.98 Å². The van der Waals surface area contributed by atoms with Crippen LogP contribution in [0.15, 0.2) is 10.6 Å². The van der Waals surface area contributed by atoms with E-state index in [9.17, 15) is 0 Å². The first-order chi connectivity index (χ1) is 4.36. The molecule has 3 nitrogen and oxygen atoms in total. The van der Waals surface area contributed by atoms with E-state index >= 15 is 0 Å². The van der Waals surface area contributed by atoms with Crippen LogP contribution in [0.25, 0.3) is 0 Å². The lowest BCUT2D eigenvalue weighted by Crippen LogP contribution is -1.80. The molecule has 0 atom stereocenters. The smallest absolute Gasteiger partial charge is 0.292 e. The predicted molar refractivity (Wildman–Crippen MR) is 32.9 cm³/mol. The lowest BCUT2D eigenvalue weighted by molar-refractivity contribution is 0.525. The predicted octanol–water partition coefficient (Wildman–Crippen LogP) is 1.13. The fraction of sp³-hybridized carbons (Fsp3) is 0.500. The highest BCUT2D eigenvalue weighted by Crippen LogP contribution is 2.40. The van der Waals surface area contributed by atoms with Gasteiger partial charge in [0.15, 0.2) is 0 Å². The normalized spacial score (nSPS) is 18.2. The van der Waals surface area contributed by atoms with Crippen LogP contribution in [-0.2, 0) is 0 Å². The van der Waals surface area contributed by atoms with Crippen LogP contribution in [0.2, 0.25) is 0 Å². The lowest BCUT2D eigenvalue weighted by Gasteiger charge is -1.83. The molecule has 0 unspecified atom stereocenters. The van der Waals surface area contributed by atoms with Crippen molar-refractivity contribution in [1.29, 1.82) is 0 Å². The summed E-state index contributed by atoms with van der Waals surface area (Å²) in [6.45, 7) is 0. The van der Waals surface area contributed by atoms with Gasteiger partial charge in [-0.3, -0.25) is 0 Å². The second-order valence-electron chi connectivity index (χ2n) is 2.38. The number of nitrogens with zero attached hydrogens (tertiary/aromatic N) is 1. The Morgan fingerprint density at radius 2 is 2.44 bits per heavy atom. The van der Waals surface area contributed by atoms with Gasteiger partial charge in [0.05, 0.1) is 6.20 Å². The maximum Gasteiger partial charge on any atom is 0.292 e. The minimum Gasteiger partial charge on any atom is -0.429 e. The molecule has 9 heavy (non-hydrogen) atoms. The molecule has 1 heterocycles. The molecule has 0 saturated heterocycles. The Bertz CT molecular complexity index is 215. The fourth-order valence-electron chi connectivity index (χ4n) is 0.857. The molecule has 0 bridgehead atoms. The molecular weight excluding hydrogens is 116 g/mol. The van der Waals surface area contributed by atoms with Crippen molar-refractivity contribution in [2.75, 3.05) is 5.73 Å². The van der Waals surface area contributed by atoms with Gasteiger partial charge in [-0.25, -0.2) is 4.98 Å². The standard InChI is InChI=1S/C6H8N2O/c7-6-8-3-5(9-6)4-1-2-4/h3-4H,1-2H2,(H2,7,8). The van der Waals surface area contributed by atoms with Crippen LogP contribution < -0.4 is 5.73 Å². The van der Waals surface area contributed by atoms with Crippen molar-refractivity contribution in [2.45, 2.75) is 18.8 Å². The largest absolute Gasteiger partial charge is 0.429 e. The summed E-state index contributed by atoms with van der Waals surface area (Å²) >= 11 is 0. The molecule has 0 amide bonds. The summed E-state index contributed by atoms with van der Waals surface area (Å²) in [6, 6.07) is 0.289. The van der Waals surface area contributed by atoms with Gasteiger partial charge in [0.1, 0.15) is 5.76 Å². The van der Waals surface area contributed by atoms with Crippen LogP contribution in [0.4, 0.5) is 6.01 Å². The summed E-state index contributed by atoms with van der Waals surface area (Å²) in [7, 11) is 0. The highest BCUT2D eigenvalue weighted by molar-refractivity contribution is 5.16. The van der Waals surface area contributed by atoms with Crippen molar-refractivity contribution in [3.05, 3.63) is 12.0 Å². The van der Waals surface area contributed by atoms with Crippen molar-refractivity contribution in [3.63, 3.8) is 0 Å². The topological polar surface area (TPSA) is 52.0 Å². The number of nitrogens with two attached hydrogens (primary N) is 1. The Morgan fingerprint density at radius 3 is 2.89 bits per heavy atom. The third-order valence-electron chi connectivity index (χ3n) is 1.52. The summed E-state index contributed by atoms with van der Waals surface area (Å²) in [5.41, 5.74) is 5.27. The molecule has 1 aromatic rings. The molecule has 0 radical (unpaired) electrons. The van der Waals surface area contributed by atoms with E-state index in [-0.39, 0.29) is 6.01 Å². The molecule has 0 aromatic carbocycles. The van der Waals surface area contributed by atoms with Crippen molar-refractivity contribution >= 4 is 6.01 Å². The van der Waals surface area contributed by atoms with Gasteiger partial charge in [-0.15, -0.1) is 0 Å². The van der Waals surface area contributed by atoms with E-state index in [0.29, 0.717) is 5.92 Å². The summed E-state index contributed by atoms with van der Waals surface area (Å²) in [5, 5.41) is 0. The van der Waals surface area contributed by atoms with Crippen LogP contribution in [0, 0.1) is 0 Å². The lowest BCUT2D eigenvalue weighted by atomic mass is 10.3. The number of hydrogen-bond donors (Lipinski definition) is 1. The summed E-state index contributed by atoms with van der Waals surface area (Å²) in [6.07, 6.45) is 4.18. The first-order valence-electron chi connectivity index (χ1n) is 3.07. The minimum absolute atomic E-state index is 0.289. The van der Waals surface area contributed by atoms with Crippen molar-refractivity contribution < 1.29 is 4.42 Å². The number of oxazole rings is 1.